The third-order valence-electron chi connectivity index (χ3n) is 4.48. The molecule has 26 heavy (non-hydrogen) atoms. The molecular weight excluding hydrogens is 338 g/mol. The molecule has 0 radical (unpaired) electrons. The van der Waals surface area contributed by atoms with Crippen molar-refractivity contribution in [1.82, 2.24) is 5.32 Å². The Morgan fingerprint density at radius 3 is 2.54 bits per heavy atom. The van der Waals surface area contributed by atoms with E-state index in [1.54, 1.807) is 18.2 Å². The van der Waals surface area contributed by atoms with E-state index in [4.69, 9.17) is 15.2 Å². The average molecular weight is 361 g/mol. The lowest BCUT2D eigenvalue weighted by Gasteiger charge is -2.27. The van der Waals surface area contributed by atoms with Crippen molar-refractivity contribution in [1.29, 1.82) is 0 Å². The van der Waals surface area contributed by atoms with Gasteiger partial charge in [0.1, 0.15) is 0 Å². The molecule has 1 aliphatic heterocycles. The third-order valence-corrected chi connectivity index (χ3v) is 4.48. The van der Waals surface area contributed by atoms with Gasteiger partial charge < -0.3 is 25.8 Å². The molecule has 8 nitrogen and oxygen atoms in total. The summed E-state index contributed by atoms with van der Waals surface area (Å²) in [6, 6.07) is 6.31. The Kier molecular flexibility index (Phi) is 5.72. The molecule has 1 heterocycles. The molecule has 2 aliphatic rings. The van der Waals surface area contributed by atoms with E-state index < -0.39 is 18.0 Å². The van der Waals surface area contributed by atoms with Gasteiger partial charge in [-0.2, -0.15) is 0 Å². The highest BCUT2D eigenvalue weighted by molar-refractivity contribution is 5.95. The highest BCUT2D eigenvalue weighted by atomic mass is 16.5. The van der Waals surface area contributed by atoms with Gasteiger partial charge in [0.25, 0.3) is 5.91 Å². The number of nitrogens with two attached hydrogens (primary N) is 1. The number of benzene rings is 1. The van der Waals surface area contributed by atoms with Crippen LogP contribution < -0.4 is 16.4 Å². The van der Waals surface area contributed by atoms with E-state index in [9.17, 15) is 14.4 Å². The Balaban J connectivity index is 1.63. The first kappa shape index (κ1) is 18.2. The third kappa shape index (κ3) is 4.95. The zero-order chi connectivity index (χ0) is 18.5. The molecular formula is C18H23N3O5. The number of primary amides is 1. The van der Waals surface area contributed by atoms with Gasteiger partial charge in [-0.3, -0.25) is 4.79 Å². The number of carbonyl (C=O) groups is 3. The maximum atomic E-state index is 12.4. The largest absolute Gasteiger partial charge is 0.448 e. The van der Waals surface area contributed by atoms with Gasteiger partial charge in [0.2, 0.25) is 0 Å². The number of ether oxygens (including phenoxy) is 2. The number of esters is 1. The van der Waals surface area contributed by atoms with E-state index in [0.717, 1.165) is 12.8 Å². The maximum Gasteiger partial charge on any atom is 0.338 e. The molecule has 0 unspecified atom stereocenters. The molecule has 1 saturated carbocycles. The lowest BCUT2D eigenvalue weighted by atomic mass is 9.93. The zero-order valence-corrected chi connectivity index (χ0v) is 14.4. The van der Waals surface area contributed by atoms with E-state index in [-0.39, 0.29) is 23.6 Å². The fourth-order valence-electron chi connectivity index (χ4n) is 2.89. The van der Waals surface area contributed by atoms with Crippen molar-refractivity contribution in [2.24, 2.45) is 11.7 Å². The van der Waals surface area contributed by atoms with E-state index in [1.807, 2.05) is 0 Å². The summed E-state index contributed by atoms with van der Waals surface area (Å²) in [6.45, 7) is 1.03. The minimum absolute atomic E-state index is 0.143. The fraction of sp³-hybridized carbons (Fsp3) is 0.500. The van der Waals surface area contributed by atoms with Crippen molar-refractivity contribution in [3.05, 3.63) is 29.8 Å². The molecule has 140 valence electrons. The van der Waals surface area contributed by atoms with Crippen LogP contribution in [0.2, 0.25) is 0 Å². The second-order valence-electron chi connectivity index (χ2n) is 6.63. The number of carbonyl (C=O) groups excluding carboxylic acids is 3. The van der Waals surface area contributed by atoms with Gasteiger partial charge in [0.15, 0.2) is 6.10 Å². The summed E-state index contributed by atoms with van der Waals surface area (Å²) in [6.07, 6.45) is 2.22. The van der Waals surface area contributed by atoms with Gasteiger partial charge >= 0.3 is 12.0 Å². The molecule has 4 N–H and O–H groups in total. The number of anilines is 1. The Hall–Kier alpha value is -2.61. The molecule has 8 heteroatoms. The highest BCUT2D eigenvalue weighted by Gasteiger charge is 2.32. The summed E-state index contributed by atoms with van der Waals surface area (Å²) in [5.41, 5.74) is 6.13. The van der Waals surface area contributed by atoms with Crippen LogP contribution >= 0.6 is 0 Å². The zero-order valence-electron chi connectivity index (χ0n) is 14.4. The summed E-state index contributed by atoms with van der Waals surface area (Å²) >= 11 is 0. The number of rotatable bonds is 6. The lowest BCUT2D eigenvalue weighted by Crippen LogP contribution is -2.41. The Morgan fingerprint density at radius 2 is 1.88 bits per heavy atom. The SMILES string of the molecule is NC(=O)[C@@H](OC(=O)c1cccc(NC(=O)NC2CC2)c1)C1CCOCC1. The predicted octanol–water partition coefficient (Wildman–Crippen LogP) is 1.41. The number of urea groups is 1. The molecule has 0 aromatic heterocycles. The van der Waals surface area contributed by atoms with Gasteiger partial charge in [-0.05, 0) is 43.9 Å². The first-order valence-corrected chi connectivity index (χ1v) is 8.78. The average Bonchev–Trinajstić information content (AvgIpc) is 3.44. The minimum Gasteiger partial charge on any atom is -0.448 e. The summed E-state index contributed by atoms with van der Waals surface area (Å²) in [5.74, 6) is -1.45. The summed E-state index contributed by atoms with van der Waals surface area (Å²) < 4.78 is 10.6. The van der Waals surface area contributed by atoms with E-state index in [2.05, 4.69) is 10.6 Å². The Morgan fingerprint density at radius 1 is 1.15 bits per heavy atom. The monoisotopic (exact) mass is 361 g/mol. The van der Waals surface area contributed by atoms with Crippen molar-refractivity contribution in [3.8, 4) is 0 Å². The van der Waals surface area contributed by atoms with Crippen LogP contribution in [0.5, 0.6) is 0 Å². The van der Waals surface area contributed by atoms with Gasteiger partial charge in [0, 0.05) is 30.9 Å². The number of nitrogens with one attached hydrogen (secondary N) is 2. The molecule has 1 saturated heterocycles. The molecule has 1 aromatic rings. The molecule has 1 aliphatic carbocycles. The second-order valence-corrected chi connectivity index (χ2v) is 6.63. The van der Waals surface area contributed by atoms with Crippen molar-refractivity contribution < 1.29 is 23.9 Å². The van der Waals surface area contributed by atoms with Crippen molar-refractivity contribution in [2.75, 3.05) is 18.5 Å². The first-order chi connectivity index (χ1) is 12.5. The highest BCUT2D eigenvalue weighted by Crippen LogP contribution is 2.23. The van der Waals surface area contributed by atoms with Crippen molar-refractivity contribution in [3.63, 3.8) is 0 Å². The predicted molar refractivity (Wildman–Crippen MR) is 93.6 cm³/mol. The van der Waals surface area contributed by atoms with E-state index in [0.29, 0.717) is 31.7 Å². The van der Waals surface area contributed by atoms with E-state index in [1.165, 1.54) is 6.07 Å². The topological polar surface area (TPSA) is 120 Å². The fourth-order valence-corrected chi connectivity index (χ4v) is 2.89. The van der Waals surface area contributed by atoms with Crippen LogP contribution in [0.1, 0.15) is 36.0 Å². The standard InChI is InChI=1S/C18H23N3O5/c19-16(22)15(11-6-8-25-9-7-11)26-17(23)12-2-1-3-14(10-12)21-18(24)20-13-4-5-13/h1-3,10-11,13,15H,4-9H2,(H2,19,22)(H2,20,21,24)/t15-/m0/s1. The van der Waals surface area contributed by atoms with Crippen LogP contribution in [0.3, 0.4) is 0 Å². The normalized spacial score (nSPS) is 18.6. The molecule has 3 rings (SSSR count). The van der Waals surface area contributed by atoms with Crippen LogP contribution in [0.25, 0.3) is 0 Å². The lowest BCUT2D eigenvalue weighted by molar-refractivity contribution is -0.131. The van der Waals surface area contributed by atoms with Gasteiger partial charge in [-0.1, -0.05) is 6.07 Å². The molecule has 1 atom stereocenters. The van der Waals surface area contributed by atoms with Crippen LogP contribution in [0.15, 0.2) is 24.3 Å². The van der Waals surface area contributed by atoms with Gasteiger partial charge in [-0.25, -0.2) is 9.59 Å². The Bertz CT molecular complexity index is 683. The summed E-state index contributed by atoms with van der Waals surface area (Å²) in [5, 5.41) is 5.48. The molecule has 2 fully saturated rings. The smallest absolute Gasteiger partial charge is 0.338 e. The van der Waals surface area contributed by atoms with Crippen molar-refractivity contribution in [2.45, 2.75) is 37.8 Å². The molecule has 3 amide bonds. The van der Waals surface area contributed by atoms with Crippen LogP contribution in [-0.4, -0.2) is 43.3 Å². The van der Waals surface area contributed by atoms with Crippen LogP contribution in [0.4, 0.5) is 10.5 Å². The quantitative estimate of drug-likeness (QED) is 0.662. The van der Waals surface area contributed by atoms with E-state index >= 15 is 0 Å². The van der Waals surface area contributed by atoms with Gasteiger partial charge in [0.05, 0.1) is 5.56 Å². The first-order valence-electron chi connectivity index (χ1n) is 8.78. The second kappa shape index (κ2) is 8.18. The summed E-state index contributed by atoms with van der Waals surface area (Å²) in [7, 11) is 0. The minimum atomic E-state index is -0.985. The molecule has 1 aromatic carbocycles. The maximum absolute atomic E-state index is 12.4. The summed E-state index contributed by atoms with van der Waals surface area (Å²) in [4.78, 5) is 36.0. The van der Waals surface area contributed by atoms with Crippen LogP contribution in [-0.2, 0) is 14.3 Å². The van der Waals surface area contributed by atoms with Crippen molar-refractivity contribution >= 4 is 23.6 Å². The number of amides is 3. The molecule has 0 bridgehead atoms. The van der Waals surface area contributed by atoms with Crippen LogP contribution in [0, 0.1) is 5.92 Å². The van der Waals surface area contributed by atoms with Gasteiger partial charge in [-0.15, -0.1) is 0 Å². The molecule has 0 spiro atoms. The number of hydrogen-bond acceptors (Lipinski definition) is 5. The Labute approximate surface area is 151 Å². The number of hydrogen-bond donors (Lipinski definition) is 3.